The lowest BCUT2D eigenvalue weighted by Crippen LogP contribution is -2.24. The molecule has 1 atom stereocenters. The van der Waals surface area contributed by atoms with E-state index in [2.05, 4.69) is 9.97 Å². The highest BCUT2D eigenvalue weighted by atomic mass is 16.5. The molecule has 0 aliphatic carbocycles. The van der Waals surface area contributed by atoms with Gasteiger partial charge in [-0.25, -0.2) is 9.97 Å². The lowest BCUT2D eigenvalue weighted by Gasteiger charge is -2.25. The van der Waals surface area contributed by atoms with E-state index in [-0.39, 0.29) is 0 Å². The van der Waals surface area contributed by atoms with Gasteiger partial charge >= 0.3 is 0 Å². The van der Waals surface area contributed by atoms with Crippen LogP contribution in [-0.2, 0) is 5.60 Å². The van der Waals surface area contributed by atoms with Crippen LogP contribution in [0.15, 0.2) is 48.8 Å². The van der Waals surface area contributed by atoms with Crippen LogP contribution in [0.2, 0.25) is 0 Å². The molecule has 0 spiro atoms. The van der Waals surface area contributed by atoms with Gasteiger partial charge in [-0.2, -0.15) is 0 Å². The summed E-state index contributed by atoms with van der Waals surface area (Å²) in [5.74, 6) is 0.753. The molecule has 0 saturated carbocycles. The van der Waals surface area contributed by atoms with Gasteiger partial charge in [-0.1, -0.05) is 30.3 Å². The number of benzene rings is 2. The second-order valence-corrected chi connectivity index (χ2v) is 5.49. The van der Waals surface area contributed by atoms with Crippen molar-refractivity contribution in [2.75, 3.05) is 7.11 Å². The number of aromatic nitrogens is 2. The summed E-state index contributed by atoms with van der Waals surface area (Å²) in [6.45, 7) is 3.75. The number of nitrogens with zero attached hydrogens (tertiary/aromatic N) is 2. The molecule has 2 aromatic carbocycles. The average Bonchev–Trinajstić information content (AvgIpc) is 2.55. The number of ether oxygens (including phenoxy) is 1. The third-order valence-electron chi connectivity index (χ3n) is 3.98. The first-order valence-electron chi connectivity index (χ1n) is 7.11. The quantitative estimate of drug-likeness (QED) is 0.806. The van der Waals surface area contributed by atoms with Gasteiger partial charge in [-0.05, 0) is 37.1 Å². The summed E-state index contributed by atoms with van der Waals surface area (Å²) in [6, 6.07) is 13.3. The topological polar surface area (TPSA) is 55.2 Å². The van der Waals surface area contributed by atoms with Crippen LogP contribution in [0.4, 0.5) is 0 Å². The molecular formula is C18H18N2O2. The van der Waals surface area contributed by atoms with Crippen LogP contribution < -0.4 is 4.74 Å². The van der Waals surface area contributed by atoms with E-state index in [1.54, 1.807) is 14.0 Å². The summed E-state index contributed by atoms with van der Waals surface area (Å²) < 4.78 is 5.17. The fraction of sp³-hybridized carbons (Fsp3) is 0.222. The first kappa shape index (κ1) is 14.5. The Hall–Kier alpha value is -2.46. The molecule has 1 heterocycles. The molecule has 112 valence electrons. The van der Waals surface area contributed by atoms with Crippen LogP contribution in [0.3, 0.4) is 0 Å². The third-order valence-corrected chi connectivity index (χ3v) is 3.98. The lowest BCUT2D eigenvalue weighted by molar-refractivity contribution is 0.0990. The predicted molar refractivity (Wildman–Crippen MR) is 85.9 cm³/mol. The maximum atomic E-state index is 11.1. The smallest absolute Gasteiger partial charge is 0.129 e. The van der Waals surface area contributed by atoms with Crippen LogP contribution in [0.25, 0.3) is 10.9 Å². The molecule has 1 aromatic heterocycles. The largest absolute Gasteiger partial charge is 0.497 e. The summed E-state index contributed by atoms with van der Waals surface area (Å²) in [4.78, 5) is 8.68. The number of para-hydroxylation sites is 1. The van der Waals surface area contributed by atoms with E-state index in [0.717, 1.165) is 27.8 Å². The van der Waals surface area contributed by atoms with Crippen molar-refractivity contribution in [1.29, 1.82) is 0 Å². The van der Waals surface area contributed by atoms with E-state index >= 15 is 0 Å². The average molecular weight is 294 g/mol. The summed E-state index contributed by atoms with van der Waals surface area (Å²) in [7, 11) is 1.62. The molecule has 0 radical (unpaired) electrons. The highest BCUT2D eigenvalue weighted by Gasteiger charge is 2.29. The minimum atomic E-state index is -1.21. The Morgan fingerprint density at radius 2 is 1.77 bits per heavy atom. The second kappa shape index (κ2) is 5.39. The Balaban J connectivity index is 2.18. The van der Waals surface area contributed by atoms with Gasteiger partial charge in [-0.15, -0.1) is 0 Å². The zero-order valence-electron chi connectivity index (χ0n) is 12.9. The number of aliphatic hydroxyl groups is 1. The van der Waals surface area contributed by atoms with Gasteiger partial charge in [0.15, 0.2) is 0 Å². The predicted octanol–water partition coefficient (Wildman–Crippen LogP) is 3.20. The number of methoxy groups -OCH3 is 1. The molecule has 0 saturated heterocycles. The molecule has 3 rings (SSSR count). The Kier molecular flexibility index (Phi) is 3.54. The maximum absolute atomic E-state index is 11.1. The van der Waals surface area contributed by atoms with Crippen molar-refractivity contribution >= 4 is 10.9 Å². The second-order valence-electron chi connectivity index (χ2n) is 5.49. The van der Waals surface area contributed by atoms with Gasteiger partial charge in [0, 0.05) is 5.39 Å². The Labute approximate surface area is 129 Å². The number of rotatable bonds is 3. The van der Waals surface area contributed by atoms with Gasteiger partial charge in [0.1, 0.15) is 17.7 Å². The molecule has 3 aromatic rings. The van der Waals surface area contributed by atoms with E-state index in [1.807, 2.05) is 49.4 Å². The van der Waals surface area contributed by atoms with Crippen LogP contribution in [-0.4, -0.2) is 22.2 Å². The summed E-state index contributed by atoms with van der Waals surface area (Å²) in [5.41, 5.74) is 2.08. The first-order chi connectivity index (χ1) is 10.5. The summed E-state index contributed by atoms with van der Waals surface area (Å²) >= 11 is 0. The van der Waals surface area contributed by atoms with Crippen LogP contribution in [0.1, 0.15) is 23.7 Å². The number of aryl methyl sites for hydroxylation is 1. The fourth-order valence-corrected chi connectivity index (χ4v) is 2.68. The van der Waals surface area contributed by atoms with Gasteiger partial charge in [0.05, 0.1) is 18.3 Å². The summed E-state index contributed by atoms with van der Waals surface area (Å²) in [6.07, 6.45) is 1.50. The van der Waals surface area contributed by atoms with Gasteiger partial charge in [0.25, 0.3) is 0 Å². The minimum Gasteiger partial charge on any atom is -0.497 e. The van der Waals surface area contributed by atoms with Crippen LogP contribution in [0, 0.1) is 6.92 Å². The molecule has 1 unspecified atom stereocenters. The lowest BCUT2D eigenvalue weighted by atomic mass is 9.89. The molecular weight excluding hydrogens is 276 g/mol. The molecule has 0 aliphatic heterocycles. The third kappa shape index (κ3) is 2.31. The Bertz CT molecular complexity index is 811. The standard InChI is InChI=1S/C18H18N2O2/c1-12-5-4-6-15-16(12)19-11-20-17(15)18(2,21)13-7-9-14(22-3)10-8-13/h4-11,21H,1-3H3. The first-order valence-corrected chi connectivity index (χ1v) is 7.11. The molecule has 0 bridgehead atoms. The van der Waals surface area contributed by atoms with E-state index in [9.17, 15) is 5.11 Å². The molecule has 22 heavy (non-hydrogen) atoms. The van der Waals surface area contributed by atoms with Crippen molar-refractivity contribution < 1.29 is 9.84 Å². The highest BCUT2D eigenvalue weighted by Crippen LogP contribution is 2.33. The van der Waals surface area contributed by atoms with Crippen molar-refractivity contribution in [2.45, 2.75) is 19.4 Å². The number of fused-ring (bicyclic) bond motifs is 1. The molecule has 4 heteroatoms. The highest BCUT2D eigenvalue weighted by molar-refractivity contribution is 5.84. The zero-order chi connectivity index (χ0) is 15.7. The monoisotopic (exact) mass is 294 g/mol. The fourth-order valence-electron chi connectivity index (χ4n) is 2.68. The van der Waals surface area contributed by atoms with E-state index in [1.165, 1.54) is 6.33 Å². The van der Waals surface area contributed by atoms with Crippen molar-refractivity contribution in [3.05, 3.63) is 65.6 Å². The van der Waals surface area contributed by atoms with Gasteiger partial charge < -0.3 is 9.84 Å². The molecule has 0 aliphatic rings. The molecule has 0 fully saturated rings. The summed E-state index contributed by atoms with van der Waals surface area (Å²) in [5, 5.41) is 11.9. The normalized spacial score (nSPS) is 13.8. The molecule has 0 amide bonds. The van der Waals surface area contributed by atoms with Crippen molar-refractivity contribution in [3.63, 3.8) is 0 Å². The molecule has 1 N–H and O–H groups in total. The maximum Gasteiger partial charge on any atom is 0.129 e. The van der Waals surface area contributed by atoms with Crippen molar-refractivity contribution in [1.82, 2.24) is 9.97 Å². The minimum absolute atomic E-state index is 0.603. The van der Waals surface area contributed by atoms with E-state index in [4.69, 9.17) is 4.74 Å². The van der Waals surface area contributed by atoms with E-state index in [0.29, 0.717) is 5.69 Å². The zero-order valence-corrected chi connectivity index (χ0v) is 12.9. The van der Waals surface area contributed by atoms with Crippen molar-refractivity contribution in [3.8, 4) is 5.75 Å². The van der Waals surface area contributed by atoms with E-state index < -0.39 is 5.60 Å². The SMILES string of the molecule is COc1ccc(C(C)(O)c2ncnc3c(C)cccc23)cc1. The van der Waals surface area contributed by atoms with Crippen LogP contribution >= 0.6 is 0 Å². The van der Waals surface area contributed by atoms with Gasteiger partial charge in [-0.3, -0.25) is 0 Å². The Morgan fingerprint density at radius 3 is 2.45 bits per heavy atom. The van der Waals surface area contributed by atoms with Gasteiger partial charge in [0.2, 0.25) is 0 Å². The number of hydrogen-bond acceptors (Lipinski definition) is 4. The van der Waals surface area contributed by atoms with Crippen molar-refractivity contribution in [2.24, 2.45) is 0 Å². The molecule has 4 nitrogen and oxygen atoms in total. The Morgan fingerprint density at radius 1 is 1.05 bits per heavy atom. The van der Waals surface area contributed by atoms with Crippen LogP contribution in [0.5, 0.6) is 5.75 Å². The number of hydrogen-bond donors (Lipinski definition) is 1.